The van der Waals surface area contributed by atoms with Gasteiger partial charge in [0.25, 0.3) is 0 Å². The van der Waals surface area contributed by atoms with Crippen molar-refractivity contribution in [3.63, 3.8) is 0 Å². The molecule has 6 nitrogen and oxygen atoms in total. The fourth-order valence-electron chi connectivity index (χ4n) is 4.29. The molecule has 3 N–H and O–H groups in total. The Labute approximate surface area is 151 Å². The summed E-state index contributed by atoms with van der Waals surface area (Å²) in [7, 11) is 0. The van der Waals surface area contributed by atoms with E-state index in [1.165, 1.54) is 0 Å². The minimum atomic E-state index is -1.05. The summed E-state index contributed by atoms with van der Waals surface area (Å²) in [6.07, 6.45) is 1.07. The molecule has 7 atom stereocenters. The molecule has 2 heterocycles. The van der Waals surface area contributed by atoms with Gasteiger partial charge in [0.05, 0.1) is 37.1 Å². The van der Waals surface area contributed by atoms with E-state index in [0.717, 1.165) is 19.3 Å². The predicted octanol–water partition coefficient (Wildman–Crippen LogP) is 1.98. The molecule has 2 fully saturated rings. The van der Waals surface area contributed by atoms with Crippen molar-refractivity contribution in [3.8, 4) is 0 Å². The zero-order chi connectivity index (χ0) is 18.6. The third-order valence-electron chi connectivity index (χ3n) is 6.23. The van der Waals surface area contributed by atoms with Crippen LogP contribution in [0.25, 0.3) is 0 Å². The lowest BCUT2D eigenvalue weighted by atomic mass is 9.72. The van der Waals surface area contributed by atoms with Gasteiger partial charge in [0.2, 0.25) is 0 Å². The molecule has 2 aliphatic rings. The first-order valence-electron chi connectivity index (χ1n) is 9.81. The van der Waals surface area contributed by atoms with Gasteiger partial charge in [-0.15, -0.1) is 0 Å². The molecule has 0 aromatic heterocycles. The average molecular weight is 360 g/mol. The van der Waals surface area contributed by atoms with Crippen LogP contribution >= 0.6 is 0 Å². The maximum atomic E-state index is 10.3. The fraction of sp³-hybridized carbons (Fsp3) is 1.00. The van der Waals surface area contributed by atoms with Gasteiger partial charge in [-0.2, -0.15) is 0 Å². The number of aliphatic hydroxyl groups excluding tert-OH is 3. The number of hydrogen-bond donors (Lipinski definition) is 3. The fourth-order valence-corrected chi connectivity index (χ4v) is 4.29. The first kappa shape index (κ1) is 21.1. The van der Waals surface area contributed by atoms with Crippen molar-refractivity contribution >= 4 is 0 Å². The standard InChI is InChI=1S/C19H36O6/c1-5-19(6-2,7-3)16-10-13(20)9-14(25-16)11-23-18-17(22)15(21)8-12(4)24-18/h12-18,20-22H,5-11H2,1-4H3/t12-,13-,14-,15+,16+,17-,18+/m0/s1. The summed E-state index contributed by atoms with van der Waals surface area (Å²) < 4.78 is 17.6. The molecule has 0 aromatic carbocycles. The van der Waals surface area contributed by atoms with Crippen molar-refractivity contribution in [2.45, 2.75) is 109 Å². The lowest BCUT2D eigenvalue weighted by Crippen LogP contribution is -2.51. The summed E-state index contributed by atoms with van der Waals surface area (Å²) in [6, 6.07) is 0. The van der Waals surface area contributed by atoms with Crippen molar-refractivity contribution in [1.29, 1.82) is 0 Å². The Morgan fingerprint density at radius 2 is 1.60 bits per heavy atom. The molecule has 0 aromatic rings. The smallest absolute Gasteiger partial charge is 0.186 e. The van der Waals surface area contributed by atoms with E-state index >= 15 is 0 Å². The summed E-state index contributed by atoms with van der Waals surface area (Å²) >= 11 is 0. The Kier molecular flexibility index (Phi) is 7.67. The van der Waals surface area contributed by atoms with E-state index in [4.69, 9.17) is 14.2 Å². The van der Waals surface area contributed by atoms with Gasteiger partial charge >= 0.3 is 0 Å². The Bertz CT molecular complexity index is 391. The SMILES string of the molecule is CCC(CC)(CC)[C@H]1C[C@@H](O)C[C@@H](CO[C@@H]2O[C@@H](C)C[C@@H](O)[C@@H]2O)O1. The third-order valence-corrected chi connectivity index (χ3v) is 6.23. The van der Waals surface area contributed by atoms with Crippen molar-refractivity contribution in [3.05, 3.63) is 0 Å². The maximum Gasteiger partial charge on any atom is 0.186 e. The van der Waals surface area contributed by atoms with Crippen LogP contribution < -0.4 is 0 Å². The van der Waals surface area contributed by atoms with Crippen LogP contribution in [0, 0.1) is 5.41 Å². The first-order chi connectivity index (χ1) is 11.8. The minimum Gasteiger partial charge on any atom is -0.393 e. The second-order valence-corrected chi connectivity index (χ2v) is 7.74. The first-order valence-corrected chi connectivity index (χ1v) is 9.81. The summed E-state index contributed by atoms with van der Waals surface area (Å²) in [6.45, 7) is 8.62. The lowest BCUT2D eigenvalue weighted by molar-refractivity contribution is -0.276. The number of ether oxygens (including phenoxy) is 3. The van der Waals surface area contributed by atoms with E-state index in [-0.39, 0.29) is 30.3 Å². The second-order valence-electron chi connectivity index (χ2n) is 7.74. The zero-order valence-corrected chi connectivity index (χ0v) is 16.1. The highest BCUT2D eigenvalue weighted by Gasteiger charge is 2.42. The molecule has 25 heavy (non-hydrogen) atoms. The van der Waals surface area contributed by atoms with Crippen molar-refractivity contribution in [2.75, 3.05) is 6.61 Å². The Morgan fingerprint density at radius 3 is 2.20 bits per heavy atom. The van der Waals surface area contributed by atoms with Crippen LogP contribution in [-0.4, -0.2) is 64.8 Å². The van der Waals surface area contributed by atoms with Crippen molar-refractivity contribution in [1.82, 2.24) is 0 Å². The second kappa shape index (κ2) is 9.11. The minimum absolute atomic E-state index is 0.00608. The highest BCUT2D eigenvalue weighted by Crippen LogP contribution is 2.41. The van der Waals surface area contributed by atoms with Crippen molar-refractivity contribution in [2.24, 2.45) is 5.41 Å². The molecule has 0 bridgehead atoms. The predicted molar refractivity (Wildman–Crippen MR) is 94.1 cm³/mol. The van der Waals surface area contributed by atoms with Crippen LogP contribution in [-0.2, 0) is 14.2 Å². The van der Waals surface area contributed by atoms with Gasteiger partial charge in [-0.25, -0.2) is 0 Å². The Morgan fingerprint density at radius 1 is 0.960 bits per heavy atom. The van der Waals surface area contributed by atoms with Gasteiger partial charge in [-0.3, -0.25) is 0 Å². The monoisotopic (exact) mass is 360 g/mol. The summed E-state index contributed by atoms with van der Waals surface area (Å²) in [5, 5.41) is 30.2. The van der Waals surface area contributed by atoms with E-state index in [1.54, 1.807) is 0 Å². The largest absolute Gasteiger partial charge is 0.393 e. The zero-order valence-electron chi connectivity index (χ0n) is 16.1. The van der Waals surface area contributed by atoms with E-state index in [1.807, 2.05) is 6.92 Å². The molecule has 148 valence electrons. The van der Waals surface area contributed by atoms with Gasteiger partial charge in [-0.1, -0.05) is 20.8 Å². The van der Waals surface area contributed by atoms with Crippen LogP contribution in [0.2, 0.25) is 0 Å². The Hall–Kier alpha value is -0.240. The summed E-state index contributed by atoms with van der Waals surface area (Å²) in [5.41, 5.74) is 0.0746. The van der Waals surface area contributed by atoms with E-state index < -0.39 is 24.6 Å². The normalized spacial score (nSPS) is 40.2. The summed E-state index contributed by atoms with van der Waals surface area (Å²) in [5.74, 6) is 0. The highest BCUT2D eigenvalue weighted by molar-refractivity contribution is 4.90. The molecule has 0 amide bonds. The molecule has 2 rings (SSSR count). The van der Waals surface area contributed by atoms with Crippen LogP contribution in [0.15, 0.2) is 0 Å². The van der Waals surface area contributed by atoms with Gasteiger partial charge in [-0.05, 0) is 31.6 Å². The van der Waals surface area contributed by atoms with Gasteiger partial charge in [0, 0.05) is 19.3 Å². The number of aliphatic hydroxyl groups is 3. The summed E-state index contributed by atoms with van der Waals surface area (Å²) in [4.78, 5) is 0. The quantitative estimate of drug-likeness (QED) is 0.643. The third kappa shape index (κ3) is 4.93. The number of hydrogen-bond acceptors (Lipinski definition) is 6. The molecule has 6 heteroatoms. The molecule has 2 aliphatic heterocycles. The molecule has 0 spiro atoms. The molecule has 0 saturated carbocycles. The van der Waals surface area contributed by atoms with E-state index in [9.17, 15) is 15.3 Å². The molecular formula is C19H36O6. The van der Waals surface area contributed by atoms with Gasteiger partial charge in [0.15, 0.2) is 6.29 Å². The maximum absolute atomic E-state index is 10.3. The van der Waals surface area contributed by atoms with Crippen molar-refractivity contribution < 1.29 is 29.5 Å². The molecular weight excluding hydrogens is 324 g/mol. The molecule has 0 radical (unpaired) electrons. The topological polar surface area (TPSA) is 88.4 Å². The molecule has 2 saturated heterocycles. The highest BCUT2D eigenvalue weighted by atomic mass is 16.7. The lowest BCUT2D eigenvalue weighted by Gasteiger charge is -2.45. The Balaban J connectivity index is 1.95. The van der Waals surface area contributed by atoms with Gasteiger partial charge in [0.1, 0.15) is 6.10 Å². The van der Waals surface area contributed by atoms with Crippen LogP contribution in [0.5, 0.6) is 0 Å². The van der Waals surface area contributed by atoms with Crippen LogP contribution in [0.4, 0.5) is 0 Å². The van der Waals surface area contributed by atoms with Crippen LogP contribution in [0.3, 0.4) is 0 Å². The van der Waals surface area contributed by atoms with E-state index in [0.29, 0.717) is 19.3 Å². The van der Waals surface area contributed by atoms with Crippen LogP contribution in [0.1, 0.15) is 66.2 Å². The van der Waals surface area contributed by atoms with E-state index in [2.05, 4.69) is 20.8 Å². The average Bonchev–Trinajstić information content (AvgIpc) is 2.58. The molecule has 0 aliphatic carbocycles. The number of rotatable bonds is 7. The molecule has 0 unspecified atom stereocenters. The van der Waals surface area contributed by atoms with Gasteiger partial charge < -0.3 is 29.5 Å².